The first kappa shape index (κ1) is 19.4. The molecule has 1 atom stereocenters. The topological polar surface area (TPSA) is 69.5 Å². The Morgan fingerprint density at radius 3 is 2.90 bits per heavy atom. The van der Waals surface area contributed by atoms with Crippen LogP contribution >= 0.6 is 15.9 Å². The lowest BCUT2D eigenvalue weighted by molar-refractivity contribution is 0.0760. The minimum absolute atomic E-state index is 0.0552. The van der Waals surface area contributed by atoms with Crippen LogP contribution in [0.4, 0.5) is 0 Å². The summed E-state index contributed by atoms with van der Waals surface area (Å²) >= 11 is 3.44. The Bertz CT molecular complexity index is 1040. The number of pyridine rings is 1. The maximum atomic E-state index is 13.1. The molecule has 0 spiro atoms. The van der Waals surface area contributed by atoms with Crippen LogP contribution in [0.2, 0.25) is 0 Å². The molecule has 4 rings (SSSR count). The molecule has 1 aliphatic heterocycles. The number of ether oxygens (including phenoxy) is 2. The number of hydrogen-bond acceptors (Lipinski definition) is 5. The normalized spacial score (nSPS) is 16.1. The molecule has 1 aromatic carbocycles. The predicted octanol–water partition coefficient (Wildman–Crippen LogP) is 3.55. The summed E-state index contributed by atoms with van der Waals surface area (Å²) in [6.45, 7) is 1.15. The Kier molecular flexibility index (Phi) is 5.53. The van der Waals surface area contributed by atoms with Crippen molar-refractivity contribution in [2.24, 2.45) is 7.05 Å². The molecule has 0 bridgehead atoms. The highest BCUT2D eigenvalue weighted by atomic mass is 79.9. The third kappa shape index (κ3) is 4.12. The van der Waals surface area contributed by atoms with Gasteiger partial charge in [-0.1, -0.05) is 12.1 Å². The van der Waals surface area contributed by atoms with Crippen LogP contribution in [-0.4, -0.2) is 51.9 Å². The van der Waals surface area contributed by atoms with Crippen LogP contribution in [0.5, 0.6) is 11.6 Å². The number of halogens is 1. The molecule has 1 aliphatic rings. The SMILES string of the molecule is COc1cccc(-c2cc(C(=O)N3CCC(Oc4ncccc4Br)C3)n(C)n2)c1. The third-order valence-corrected chi connectivity index (χ3v) is 5.50. The zero-order valence-electron chi connectivity index (χ0n) is 16.2. The highest BCUT2D eigenvalue weighted by molar-refractivity contribution is 9.10. The molecule has 1 unspecified atom stereocenters. The zero-order valence-corrected chi connectivity index (χ0v) is 17.8. The van der Waals surface area contributed by atoms with E-state index in [0.29, 0.717) is 24.7 Å². The van der Waals surface area contributed by atoms with Gasteiger partial charge in [0.1, 0.15) is 17.5 Å². The number of amides is 1. The van der Waals surface area contributed by atoms with Crippen LogP contribution < -0.4 is 9.47 Å². The summed E-state index contributed by atoms with van der Waals surface area (Å²) < 4.78 is 13.7. The average molecular weight is 457 g/mol. The van der Waals surface area contributed by atoms with Crippen molar-refractivity contribution in [2.75, 3.05) is 20.2 Å². The number of carbonyl (C=O) groups is 1. The van der Waals surface area contributed by atoms with E-state index in [9.17, 15) is 4.79 Å². The number of hydrogen-bond donors (Lipinski definition) is 0. The summed E-state index contributed by atoms with van der Waals surface area (Å²) in [5.74, 6) is 1.24. The molecule has 8 heteroatoms. The number of aromatic nitrogens is 3. The first-order chi connectivity index (χ1) is 14.0. The molecule has 0 aliphatic carbocycles. The van der Waals surface area contributed by atoms with Crippen molar-refractivity contribution in [1.29, 1.82) is 0 Å². The third-order valence-electron chi connectivity index (χ3n) is 4.90. The summed E-state index contributed by atoms with van der Waals surface area (Å²) in [6.07, 6.45) is 2.36. The van der Waals surface area contributed by atoms with E-state index in [1.54, 1.807) is 29.9 Å². The molecule has 0 radical (unpaired) electrons. The van der Waals surface area contributed by atoms with Gasteiger partial charge in [-0.25, -0.2) is 4.98 Å². The van der Waals surface area contributed by atoms with Crippen LogP contribution in [0.15, 0.2) is 53.1 Å². The molecule has 0 saturated carbocycles. The van der Waals surface area contributed by atoms with Crippen LogP contribution in [0.1, 0.15) is 16.9 Å². The van der Waals surface area contributed by atoms with Gasteiger partial charge in [0.25, 0.3) is 5.91 Å². The lowest BCUT2D eigenvalue weighted by Gasteiger charge is -2.17. The van der Waals surface area contributed by atoms with Crippen molar-refractivity contribution in [2.45, 2.75) is 12.5 Å². The largest absolute Gasteiger partial charge is 0.497 e. The van der Waals surface area contributed by atoms with E-state index in [1.807, 2.05) is 42.5 Å². The number of nitrogens with zero attached hydrogens (tertiary/aromatic N) is 4. The second kappa shape index (κ2) is 8.24. The summed E-state index contributed by atoms with van der Waals surface area (Å²) in [7, 11) is 3.41. The molecule has 1 fully saturated rings. The van der Waals surface area contributed by atoms with Crippen molar-refractivity contribution in [3.63, 3.8) is 0 Å². The molecule has 3 heterocycles. The number of carbonyl (C=O) groups excluding carboxylic acids is 1. The first-order valence-corrected chi connectivity index (χ1v) is 10.1. The van der Waals surface area contributed by atoms with Gasteiger partial charge in [-0.3, -0.25) is 9.48 Å². The lowest BCUT2D eigenvalue weighted by atomic mass is 10.1. The zero-order chi connectivity index (χ0) is 20.4. The van der Waals surface area contributed by atoms with Gasteiger partial charge in [-0.15, -0.1) is 0 Å². The maximum absolute atomic E-state index is 13.1. The predicted molar refractivity (Wildman–Crippen MR) is 112 cm³/mol. The quantitative estimate of drug-likeness (QED) is 0.586. The molecule has 0 N–H and O–H groups in total. The Balaban J connectivity index is 1.47. The standard InChI is InChI=1S/C21H21BrN4O3/c1-25-19(12-18(24-25)14-5-3-6-15(11-14)28-2)21(27)26-10-8-16(13-26)29-20-17(22)7-4-9-23-20/h3-7,9,11-12,16H,8,10,13H2,1-2H3. The van der Waals surface area contributed by atoms with Gasteiger partial charge >= 0.3 is 0 Å². The fourth-order valence-electron chi connectivity index (χ4n) is 3.38. The van der Waals surface area contributed by atoms with Gasteiger partial charge in [-0.2, -0.15) is 5.10 Å². The highest BCUT2D eigenvalue weighted by Crippen LogP contribution is 2.27. The van der Waals surface area contributed by atoms with E-state index in [1.165, 1.54) is 0 Å². The average Bonchev–Trinajstić information content (AvgIpc) is 3.36. The van der Waals surface area contributed by atoms with Gasteiger partial charge in [0.2, 0.25) is 5.88 Å². The van der Waals surface area contributed by atoms with Crippen molar-refractivity contribution < 1.29 is 14.3 Å². The van der Waals surface area contributed by atoms with E-state index < -0.39 is 0 Å². The smallest absolute Gasteiger partial charge is 0.272 e. The summed E-state index contributed by atoms with van der Waals surface area (Å²) in [6, 6.07) is 13.2. The minimum atomic E-state index is -0.0868. The number of methoxy groups -OCH3 is 1. The molecule has 7 nitrogen and oxygen atoms in total. The van der Waals surface area contributed by atoms with E-state index in [0.717, 1.165) is 27.9 Å². The van der Waals surface area contributed by atoms with Crippen LogP contribution in [0.25, 0.3) is 11.3 Å². The second-order valence-electron chi connectivity index (χ2n) is 6.84. The molecule has 29 heavy (non-hydrogen) atoms. The van der Waals surface area contributed by atoms with Gasteiger partial charge in [0.15, 0.2) is 0 Å². The monoisotopic (exact) mass is 456 g/mol. The van der Waals surface area contributed by atoms with Gasteiger partial charge in [0, 0.05) is 31.8 Å². The number of aryl methyl sites for hydroxylation is 1. The first-order valence-electron chi connectivity index (χ1n) is 9.30. The van der Waals surface area contributed by atoms with E-state index >= 15 is 0 Å². The van der Waals surface area contributed by atoms with Gasteiger partial charge in [-0.05, 0) is 46.3 Å². The fraction of sp³-hybridized carbons (Fsp3) is 0.286. The van der Waals surface area contributed by atoms with Gasteiger partial charge in [0.05, 0.1) is 23.8 Å². The second-order valence-corrected chi connectivity index (χ2v) is 7.69. The lowest BCUT2D eigenvalue weighted by Crippen LogP contribution is -2.32. The van der Waals surface area contributed by atoms with E-state index in [-0.39, 0.29) is 12.0 Å². The Morgan fingerprint density at radius 1 is 1.24 bits per heavy atom. The Morgan fingerprint density at radius 2 is 2.10 bits per heavy atom. The Labute approximate surface area is 177 Å². The van der Waals surface area contributed by atoms with Crippen LogP contribution in [0, 0.1) is 0 Å². The number of benzene rings is 1. The minimum Gasteiger partial charge on any atom is -0.497 e. The number of likely N-dealkylation sites (tertiary alicyclic amines) is 1. The molecule has 150 valence electrons. The highest BCUT2D eigenvalue weighted by Gasteiger charge is 2.30. The summed E-state index contributed by atoms with van der Waals surface area (Å²) in [5, 5.41) is 4.51. The van der Waals surface area contributed by atoms with Gasteiger partial charge < -0.3 is 14.4 Å². The summed E-state index contributed by atoms with van der Waals surface area (Å²) in [4.78, 5) is 19.1. The molecule has 1 amide bonds. The van der Waals surface area contributed by atoms with Crippen molar-refractivity contribution >= 4 is 21.8 Å². The fourth-order valence-corrected chi connectivity index (χ4v) is 3.73. The van der Waals surface area contributed by atoms with E-state index in [2.05, 4.69) is 26.0 Å². The molecular formula is C21H21BrN4O3. The Hall–Kier alpha value is -2.87. The van der Waals surface area contributed by atoms with Crippen LogP contribution in [0.3, 0.4) is 0 Å². The van der Waals surface area contributed by atoms with Crippen molar-refractivity contribution in [1.82, 2.24) is 19.7 Å². The molecular weight excluding hydrogens is 436 g/mol. The van der Waals surface area contributed by atoms with Crippen LogP contribution in [-0.2, 0) is 7.05 Å². The molecule has 1 saturated heterocycles. The van der Waals surface area contributed by atoms with E-state index in [4.69, 9.17) is 9.47 Å². The maximum Gasteiger partial charge on any atom is 0.272 e. The van der Waals surface area contributed by atoms with Crippen molar-refractivity contribution in [3.05, 3.63) is 58.8 Å². The molecule has 3 aromatic rings. The summed E-state index contributed by atoms with van der Waals surface area (Å²) in [5.41, 5.74) is 2.18. The molecule has 2 aromatic heterocycles. The van der Waals surface area contributed by atoms with Crippen molar-refractivity contribution in [3.8, 4) is 22.9 Å². The number of rotatable bonds is 5.